The van der Waals surface area contributed by atoms with E-state index in [1.54, 1.807) is 0 Å². The standard InChI is InChI=1S/C13H19N5O3/c1-13(2-4-15-5-3-13)8-17-12-10(11(14)19)6-9(7-16-12)18(20)21/h6-7,15H,2-5,8H2,1H3,(H2,14,19)(H,16,17). The van der Waals surface area contributed by atoms with Gasteiger partial charge in [0.05, 0.1) is 10.5 Å². The van der Waals surface area contributed by atoms with E-state index in [0.29, 0.717) is 12.4 Å². The highest BCUT2D eigenvalue weighted by atomic mass is 16.6. The van der Waals surface area contributed by atoms with Crippen molar-refractivity contribution in [1.29, 1.82) is 0 Å². The number of hydrogen-bond acceptors (Lipinski definition) is 6. The van der Waals surface area contributed by atoms with Crippen LogP contribution in [0.5, 0.6) is 0 Å². The number of piperidine rings is 1. The lowest BCUT2D eigenvalue weighted by molar-refractivity contribution is -0.385. The lowest BCUT2D eigenvalue weighted by Gasteiger charge is -2.34. The fourth-order valence-corrected chi connectivity index (χ4v) is 2.39. The maximum Gasteiger partial charge on any atom is 0.288 e. The summed E-state index contributed by atoms with van der Waals surface area (Å²) < 4.78 is 0. The molecule has 4 N–H and O–H groups in total. The summed E-state index contributed by atoms with van der Waals surface area (Å²) in [5.74, 6) is -0.433. The summed E-state index contributed by atoms with van der Waals surface area (Å²) in [6.45, 7) is 4.71. The average molecular weight is 293 g/mol. The minimum Gasteiger partial charge on any atom is -0.369 e. The Kier molecular flexibility index (Phi) is 4.37. The third kappa shape index (κ3) is 3.66. The number of pyridine rings is 1. The van der Waals surface area contributed by atoms with Gasteiger partial charge in [-0.1, -0.05) is 6.92 Å². The molecule has 114 valence electrons. The number of nitrogens with two attached hydrogens (primary N) is 1. The van der Waals surface area contributed by atoms with Crippen molar-refractivity contribution in [2.75, 3.05) is 25.0 Å². The molecule has 0 radical (unpaired) electrons. The number of primary amides is 1. The number of amides is 1. The van der Waals surface area contributed by atoms with E-state index in [0.717, 1.165) is 38.2 Å². The van der Waals surface area contributed by atoms with Crippen molar-refractivity contribution in [1.82, 2.24) is 10.3 Å². The molecule has 0 atom stereocenters. The average Bonchev–Trinajstić information content (AvgIpc) is 2.45. The second-order valence-corrected chi connectivity index (χ2v) is 5.63. The molecule has 8 heteroatoms. The van der Waals surface area contributed by atoms with Crippen LogP contribution in [0.4, 0.5) is 11.5 Å². The van der Waals surface area contributed by atoms with E-state index in [9.17, 15) is 14.9 Å². The van der Waals surface area contributed by atoms with Gasteiger partial charge in [0, 0.05) is 12.6 Å². The zero-order valence-corrected chi connectivity index (χ0v) is 11.9. The molecule has 0 spiro atoms. The minimum atomic E-state index is -0.732. The first-order valence-corrected chi connectivity index (χ1v) is 6.80. The highest BCUT2D eigenvalue weighted by Crippen LogP contribution is 2.28. The van der Waals surface area contributed by atoms with Gasteiger partial charge in [-0.15, -0.1) is 0 Å². The van der Waals surface area contributed by atoms with E-state index in [1.165, 1.54) is 0 Å². The van der Waals surface area contributed by atoms with Crippen LogP contribution in [0.25, 0.3) is 0 Å². The maximum atomic E-state index is 11.4. The molecular formula is C13H19N5O3. The molecular weight excluding hydrogens is 274 g/mol. The second-order valence-electron chi connectivity index (χ2n) is 5.63. The number of anilines is 1. The van der Waals surface area contributed by atoms with Crippen LogP contribution in [0.2, 0.25) is 0 Å². The molecule has 1 aromatic rings. The highest BCUT2D eigenvalue weighted by Gasteiger charge is 2.27. The summed E-state index contributed by atoms with van der Waals surface area (Å²) in [6, 6.07) is 1.16. The Bertz CT molecular complexity index is 555. The first-order valence-electron chi connectivity index (χ1n) is 6.80. The van der Waals surface area contributed by atoms with E-state index in [4.69, 9.17) is 5.73 Å². The van der Waals surface area contributed by atoms with Gasteiger partial charge in [0.25, 0.3) is 11.6 Å². The zero-order chi connectivity index (χ0) is 15.5. The van der Waals surface area contributed by atoms with Crippen LogP contribution in [0, 0.1) is 15.5 Å². The number of nitrogens with zero attached hydrogens (tertiary/aromatic N) is 2. The highest BCUT2D eigenvalue weighted by molar-refractivity contribution is 5.98. The van der Waals surface area contributed by atoms with Crippen LogP contribution in [-0.2, 0) is 0 Å². The van der Waals surface area contributed by atoms with Gasteiger partial charge < -0.3 is 16.4 Å². The largest absolute Gasteiger partial charge is 0.369 e. The molecule has 1 aromatic heterocycles. The SMILES string of the molecule is CC1(CNc2ncc([N+](=O)[O-])cc2C(N)=O)CCNCC1. The van der Waals surface area contributed by atoms with Gasteiger partial charge in [-0.2, -0.15) is 0 Å². The third-order valence-corrected chi connectivity index (χ3v) is 3.84. The van der Waals surface area contributed by atoms with Crippen LogP contribution in [0.15, 0.2) is 12.3 Å². The lowest BCUT2D eigenvalue weighted by atomic mass is 9.81. The Labute approximate surface area is 122 Å². The van der Waals surface area contributed by atoms with Crippen LogP contribution < -0.4 is 16.4 Å². The molecule has 1 amide bonds. The van der Waals surface area contributed by atoms with Crippen molar-refractivity contribution in [2.24, 2.45) is 11.1 Å². The minimum absolute atomic E-state index is 0.0433. The smallest absolute Gasteiger partial charge is 0.288 e. The molecule has 0 aromatic carbocycles. The summed E-state index contributed by atoms with van der Waals surface area (Å²) in [5.41, 5.74) is 5.17. The number of carbonyl (C=O) groups excluding carboxylic acids is 1. The molecule has 0 unspecified atom stereocenters. The first-order chi connectivity index (χ1) is 9.91. The van der Waals surface area contributed by atoms with Crippen LogP contribution >= 0.6 is 0 Å². The molecule has 21 heavy (non-hydrogen) atoms. The summed E-state index contributed by atoms with van der Waals surface area (Å²) in [6.07, 6.45) is 3.15. The van der Waals surface area contributed by atoms with E-state index in [1.807, 2.05) is 0 Å². The van der Waals surface area contributed by atoms with Crippen molar-refractivity contribution in [3.63, 3.8) is 0 Å². The Hall–Kier alpha value is -2.22. The van der Waals surface area contributed by atoms with Crippen molar-refractivity contribution >= 4 is 17.4 Å². The van der Waals surface area contributed by atoms with Crippen LogP contribution in [0.1, 0.15) is 30.1 Å². The Morgan fingerprint density at radius 2 is 2.24 bits per heavy atom. The van der Waals surface area contributed by atoms with E-state index < -0.39 is 10.8 Å². The normalized spacial score (nSPS) is 17.2. The summed E-state index contributed by atoms with van der Waals surface area (Å²) in [7, 11) is 0. The molecule has 2 heterocycles. The molecule has 0 bridgehead atoms. The van der Waals surface area contributed by atoms with Gasteiger partial charge in [0.1, 0.15) is 12.0 Å². The number of aromatic nitrogens is 1. The maximum absolute atomic E-state index is 11.4. The van der Waals surface area contributed by atoms with E-state index in [2.05, 4.69) is 22.5 Å². The van der Waals surface area contributed by atoms with Crippen LogP contribution in [-0.4, -0.2) is 35.4 Å². The molecule has 1 fully saturated rings. The topological polar surface area (TPSA) is 123 Å². The molecule has 8 nitrogen and oxygen atoms in total. The third-order valence-electron chi connectivity index (χ3n) is 3.84. The molecule has 1 aliphatic rings. The Morgan fingerprint density at radius 3 is 2.81 bits per heavy atom. The van der Waals surface area contributed by atoms with E-state index >= 15 is 0 Å². The number of nitrogens with one attached hydrogen (secondary N) is 2. The van der Waals surface area contributed by atoms with Gasteiger partial charge >= 0.3 is 0 Å². The monoisotopic (exact) mass is 293 g/mol. The molecule has 1 aliphatic heterocycles. The summed E-state index contributed by atoms with van der Waals surface area (Å²) in [4.78, 5) is 25.5. The van der Waals surface area contributed by atoms with Crippen molar-refractivity contribution in [2.45, 2.75) is 19.8 Å². The second kappa shape index (κ2) is 6.04. The number of hydrogen-bond donors (Lipinski definition) is 3. The van der Waals surface area contributed by atoms with Crippen molar-refractivity contribution < 1.29 is 9.72 Å². The predicted molar refractivity (Wildman–Crippen MR) is 78.1 cm³/mol. The molecule has 0 aliphatic carbocycles. The Morgan fingerprint density at radius 1 is 1.57 bits per heavy atom. The fraction of sp³-hybridized carbons (Fsp3) is 0.538. The predicted octanol–water partition coefficient (Wildman–Crippen LogP) is 0.890. The first kappa shape index (κ1) is 15.2. The van der Waals surface area contributed by atoms with Crippen molar-refractivity contribution in [3.05, 3.63) is 27.9 Å². The summed E-state index contributed by atoms with van der Waals surface area (Å²) in [5, 5.41) is 17.1. The zero-order valence-electron chi connectivity index (χ0n) is 11.9. The van der Waals surface area contributed by atoms with Gasteiger partial charge in [-0.25, -0.2) is 4.98 Å². The van der Waals surface area contributed by atoms with Crippen molar-refractivity contribution in [3.8, 4) is 0 Å². The Balaban J connectivity index is 2.15. The molecule has 2 rings (SSSR count). The number of carbonyl (C=O) groups is 1. The van der Waals surface area contributed by atoms with Gasteiger partial charge in [0.15, 0.2) is 0 Å². The summed E-state index contributed by atoms with van der Waals surface area (Å²) >= 11 is 0. The van der Waals surface area contributed by atoms with Gasteiger partial charge in [-0.3, -0.25) is 14.9 Å². The molecule has 0 saturated carbocycles. The quantitative estimate of drug-likeness (QED) is 0.547. The molecule has 1 saturated heterocycles. The van der Waals surface area contributed by atoms with E-state index in [-0.39, 0.29) is 16.7 Å². The van der Waals surface area contributed by atoms with Crippen LogP contribution in [0.3, 0.4) is 0 Å². The fourth-order valence-electron chi connectivity index (χ4n) is 2.39. The lowest BCUT2D eigenvalue weighted by Crippen LogP contribution is -2.39. The number of nitro groups is 1. The van der Waals surface area contributed by atoms with Gasteiger partial charge in [-0.05, 0) is 31.3 Å². The van der Waals surface area contributed by atoms with Gasteiger partial charge in [0.2, 0.25) is 0 Å². The number of rotatable bonds is 5.